The number of rotatable bonds is 4. The van der Waals surface area contributed by atoms with E-state index >= 15 is 0 Å². The molecule has 1 aromatic heterocycles. The first-order chi connectivity index (χ1) is 13.3. The summed E-state index contributed by atoms with van der Waals surface area (Å²) >= 11 is 5.93. The second kappa shape index (κ2) is 8.19. The van der Waals surface area contributed by atoms with Gasteiger partial charge in [0, 0.05) is 29.5 Å². The van der Waals surface area contributed by atoms with Crippen LogP contribution in [-0.4, -0.2) is 17.2 Å². The minimum atomic E-state index is 0.695. The molecule has 4 rings (SSSR count). The molecule has 0 amide bonds. The van der Waals surface area contributed by atoms with Gasteiger partial charge in [0.2, 0.25) is 0 Å². The quantitative estimate of drug-likeness (QED) is 0.545. The Morgan fingerprint density at radius 3 is 2.67 bits per heavy atom. The molecule has 0 aliphatic carbocycles. The van der Waals surface area contributed by atoms with E-state index in [2.05, 4.69) is 23.2 Å². The molecule has 2 heterocycles. The highest BCUT2D eigenvalue weighted by Gasteiger charge is 2.14. The Kier molecular flexibility index (Phi) is 5.31. The number of nitrogens with zero attached hydrogens (tertiary/aromatic N) is 2. The van der Waals surface area contributed by atoms with Crippen molar-refractivity contribution in [3.63, 3.8) is 0 Å². The minimum absolute atomic E-state index is 0.695. The van der Waals surface area contributed by atoms with Crippen LogP contribution < -0.4 is 4.74 Å². The fourth-order valence-corrected chi connectivity index (χ4v) is 3.23. The third-order valence-corrected chi connectivity index (χ3v) is 4.61. The largest absolute Gasteiger partial charge is 0.457 e. The van der Waals surface area contributed by atoms with Crippen molar-refractivity contribution >= 4 is 23.4 Å². The number of aromatic nitrogens is 1. The van der Waals surface area contributed by atoms with Gasteiger partial charge in [-0.1, -0.05) is 23.7 Å². The van der Waals surface area contributed by atoms with Crippen molar-refractivity contribution in [3.8, 4) is 11.5 Å². The lowest BCUT2D eigenvalue weighted by Gasteiger charge is -2.16. The Bertz CT molecular complexity index is 979. The standard InChI is InChI=1S/C23H19ClN2O/c24-20-8-10-21(11-9-20)27-22-7-1-4-17(15-22)14-18-5-3-13-26-23(18)19-6-2-12-25-16-19/h1-2,4,6-12,14-16H,3,5,13H2. The lowest BCUT2D eigenvalue weighted by Crippen LogP contribution is -2.11. The van der Waals surface area contributed by atoms with E-state index in [9.17, 15) is 0 Å². The van der Waals surface area contributed by atoms with Crippen LogP contribution in [0.5, 0.6) is 11.5 Å². The maximum Gasteiger partial charge on any atom is 0.128 e. The molecule has 0 unspecified atom stereocenters. The fraction of sp³-hybridized carbons (Fsp3) is 0.130. The van der Waals surface area contributed by atoms with E-state index in [1.54, 1.807) is 6.20 Å². The van der Waals surface area contributed by atoms with E-state index in [0.717, 1.165) is 47.7 Å². The molecular formula is C23H19ClN2O. The number of pyridine rings is 1. The summed E-state index contributed by atoms with van der Waals surface area (Å²) in [6.45, 7) is 0.862. The first-order valence-corrected chi connectivity index (χ1v) is 9.35. The number of halogens is 1. The zero-order valence-corrected chi connectivity index (χ0v) is 15.6. The van der Waals surface area contributed by atoms with Gasteiger partial charge in [-0.3, -0.25) is 9.98 Å². The van der Waals surface area contributed by atoms with Crippen molar-refractivity contribution in [2.45, 2.75) is 12.8 Å². The molecule has 1 aliphatic heterocycles. The minimum Gasteiger partial charge on any atom is -0.457 e. The Balaban J connectivity index is 1.60. The molecule has 27 heavy (non-hydrogen) atoms. The maximum absolute atomic E-state index is 5.95. The normalized spacial score (nSPS) is 15.4. The number of aliphatic imine (C=N–C) groups is 1. The van der Waals surface area contributed by atoms with Gasteiger partial charge in [0.05, 0.1) is 5.71 Å². The smallest absolute Gasteiger partial charge is 0.128 e. The number of benzene rings is 2. The molecule has 0 atom stereocenters. The molecule has 0 saturated heterocycles. The summed E-state index contributed by atoms with van der Waals surface area (Å²) in [7, 11) is 0. The molecule has 0 radical (unpaired) electrons. The second-order valence-corrected chi connectivity index (χ2v) is 6.81. The van der Waals surface area contributed by atoms with E-state index in [4.69, 9.17) is 21.3 Å². The highest BCUT2D eigenvalue weighted by Crippen LogP contribution is 2.26. The zero-order chi connectivity index (χ0) is 18.5. The molecule has 0 spiro atoms. The Labute approximate surface area is 164 Å². The Hall–Kier alpha value is -2.91. The molecular weight excluding hydrogens is 356 g/mol. The fourth-order valence-electron chi connectivity index (χ4n) is 3.11. The second-order valence-electron chi connectivity index (χ2n) is 6.37. The van der Waals surface area contributed by atoms with Crippen LogP contribution >= 0.6 is 11.6 Å². The highest BCUT2D eigenvalue weighted by atomic mass is 35.5. The Morgan fingerprint density at radius 2 is 1.85 bits per heavy atom. The molecule has 134 valence electrons. The van der Waals surface area contributed by atoms with Gasteiger partial charge in [-0.25, -0.2) is 0 Å². The van der Waals surface area contributed by atoms with Gasteiger partial charge in [0.25, 0.3) is 0 Å². The number of hydrogen-bond acceptors (Lipinski definition) is 3. The van der Waals surface area contributed by atoms with Crippen molar-refractivity contribution in [1.29, 1.82) is 0 Å². The summed E-state index contributed by atoms with van der Waals surface area (Å²) < 4.78 is 5.95. The summed E-state index contributed by atoms with van der Waals surface area (Å²) in [4.78, 5) is 8.97. The van der Waals surface area contributed by atoms with Gasteiger partial charge in [-0.2, -0.15) is 0 Å². The van der Waals surface area contributed by atoms with Gasteiger partial charge >= 0.3 is 0 Å². The third-order valence-electron chi connectivity index (χ3n) is 4.36. The molecule has 0 fully saturated rings. The lowest BCUT2D eigenvalue weighted by molar-refractivity contribution is 0.482. The van der Waals surface area contributed by atoms with Crippen molar-refractivity contribution in [1.82, 2.24) is 4.98 Å². The lowest BCUT2D eigenvalue weighted by atomic mass is 9.95. The zero-order valence-electron chi connectivity index (χ0n) is 14.8. The molecule has 3 aromatic rings. The third kappa shape index (κ3) is 4.44. The maximum atomic E-state index is 5.95. The Morgan fingerprint density at radius 1 is 0.963 bits per heavy atom. The monoisotopic (exact) mass is 374 g/mol. The van der Waals surface area contributed by atoms with E-state index in [0.29, 0.717) is 5.02 Å². The molecule has 0 N–H and O–H groups in total. The SMILES string of the molecule is Clc1ccc(Oc2cccc(C=C3CCCN=C3c3cccnc3)c2)cc1. The topological polar surface area (TPSA) is 34.5 Å². The van der Waals surface area contributed by atoms with Crippen LogP contribution in [0.4, 0.5) is 0 Å². The van der Waals surface area contributed by atoms with Gasteiger partial charge < -0.3 is 4.74 Å². The van der Waals surface area contributed by atoms with Crippen molar-refractivity contribution in [2.75, 3.05) is 6.54 Å². The van der Waals surface area contributed by atoms with Gasteiger partial charge in [0.15, 0.2) is 0 Å². The van der Waals surface area contributed by atoms with E-state index < -0.39 is 0 Å². The van der Waals surface area contributed by atoms with Crippen LogP contribution in [0.25, 0.3) is 6.08 Å². The van der Waals surface area contributed by atoms with E-state index in [1.165, 1.54) is 5.57 Å². The van der Waals surface area contributed by atoms with Crippen LogP contribution in [0.1, 0.15) is 24.0 Å². The van der Waals surface area contributed by atoms with E-state index in [1.807, 2.05) is 54.7 Å². The number of allylic oxidation sites excluding steroid dienone is 1. The van der Waals surface area contributed by atoms with Gasteiger partial charge in [-0.05, 0) is 78.6 Å². The molecule has 0 saturated carbocycles. The van der Waals surface area contributed by atoms with Crippen LogP contribution in [-0.2, 0) is 0 Å². The highest BCUT2D eigenvalue weighted by molar-refractivity contribution is 6.30. The van der Waals surface area contributed by atoms with Crippen molar-refractivity contribution in [3.05, 3.63) is 94.8 Å². The van der Waals surface area contributed by atoms with Crippen LogP contribution in [0.2, 0.25) is 5.02 Å². The van der Waals surface area contributed by atoms with Crippen LogP contribution in [0.15, 0.2) is 83.6 Å². The molecule has 2 aromatic carbocycles. The van der Waals surface area contributed by atoms with Gasteiger partial charge in [-0.15, -0.1) is 0 Å². The average molecular weight is 375 g/mol. The average Bonchev–Trinajstić information content (AvgIpc) is 2.71. The summed E-state index contributed by atoms with van der Waals surface area (Å²) in [5.41, 5.74) is 4.43. The molecule has 0 bridgehead atoms. The van der Waals surface area contributed by atoms with Crippen LogP contribution in [0, 0.1) is 0 Å². The summed E-state index contributed by atoms with van der Waals surface area (Å²) in [6, 6.07) is 19.4. The van der Waals surface area contributed by atoms with Gasteiger partial charge in [0.1, 0.15) is 11.5 Å². The first-order valence-electron chi connectivity index (χ1n) is 8.97. The number of ether oxygens (including phenoxy) is 1. The summed E-state index contributed by atoms with van der Waals surface area (Å²) in [5.74, 6) is 1.56. The summed E-state index contributed by atoms with van der Waals surface area (Å²) in [5, 5.41) is 0.695. The van der Waals surface area contributed by atoms with Crippen LogP contribution in [0.3, 0.4) is 0 Å². The molecule has 1 aliphatic rings. The van der Waals surface area contributed by atoms with Crippen molar-refractivity contribution < 1.29 is 4.74 Å². The molecule has 3 nitrogen and oxygen atoms in total. The number of hydrogen-bond donors (Lipinski definition) is 0. The first kappa shape index (κ1) is 17.5. The predicted octanol–water partition coefficient (Wildman–Crippen LogP) is 6.19. The summed E-state index contributed by atoms with van der Waals surface area (Å²) in [6.07, 6.45) is 7.93. The molecule has 4 heteroatoms. The van der Waals surface area contributed by atoms with E-state index in [-0.39, 0.29) is 0 Å². The van der Waals surface area contributed by atoms with Crippen molar-refractivity contribution in [2.24, 2.45) is 4.99 Å². The predicted molar refractivity (Wildman–Crippen MR) is 111 cm³/mol.